The molecule has 0 saturated carbocycles. The third kappa shape index (κ3) is 2.25. The first kappa shape index (κ1) is 15.0. The highest BCUT2D eigenvalue weighted by molar-refractivity contribution is 6.38. The smallest absolute Gasteiger partial charge is 0.107 e. The number of aromatic nitrogens is 1. The Morgan fingerprint density at radius 3 is 2.62 bits per heavy atom. The Labute approximate surface area is 154 Å². The molecule has 5 rings (SSSR count). The first-order valence-electron chi connectivity index (χ1n) is 7.84. The van der Waals surface area contributed by atoms with Crippen LogP contribution in [0, 0.1) is 0 Å². The highest BCUT2D eigenvalue weighted by Crippen LogP contribution is 2.45. The first-order valence-corrected chi connectivity index (χ1v) is 8.97. The average molecular weight is 377 g/mol. The summed E-state index contributed by atoms with van der Waals surface area (Å²) in [6.07, 6.45) is 1.99. The molecule has 0 bridgehead atoms. The number of nitrogens with zero attached hydrogens (tertiary/aromatic N) is 1. The molecule has 1 atom stereocenters. The number of hydrogen-bond acceptors (Lipinski definition) is 2. The first-order chi connectivity index (χ1) is 11.6. The van der Waals surface area contributed by atoms with Crippen LogP contribution in [0.25, 0.3) is 22.2 Å². The van der Waals surface area contributed by atoms with Crippen molar-refractivity contribution in [2.45, 2.75) is 18.9 Å². The minimum absolute atomic E-state index is 0.118. The van der Waals surface area contributed by atoms with Gasteiger partial charge in [-0.05, 0) is 53.8 Å². The number of pyridine rings is 1. The van der Waals surface area contributed by atoms with E-state index in [1.165, 1.54) is 16.7 Å². The molecule has 24 heavy (non-hydrogen) atoms. The van der Waals surface area contributed by atoms with Crippen molar-refractivity contribution in [1.29, 1.82) is 0 Å². The largest absolute Gasteiger partial charge is 0.368 e. The van der Waals surface area contributed by atoms with E-state index in [0.29, 0.717) is 10.0 Å². The van der Waals surface area contributed by atoms with E-state index in [-0.39, 0.29) is 6.10 Å². The molecule has 1 unspecified atom stereocenters. The van der Waals surface area contributed by atoms with Crippen LogP contribution in [0.2, 0.25) is 15.1 Å². The van der Waals surface area contributed by atoms with Crippen molar-refractivity contribution in [3.8, 4) is 11.3 Å². The van der Waals surface area contributed by atoms with Gasteiger partial charge in [0.1, 0.15) is 6.10 Å². The van der Waals surface area contributed by atoms with Crippen LogP contribution in [0.3, 0.4) is 0 Å². The van der Waals surface area contributed by atoms with Gasteiger partial charge >= 0.3 is 0 Å². The molecule has 0 amide bonds. The third-order valence-electron chi connectivity index (χ3n) is 4.77. The van der Waals surface area contributed by atoms with Crippen molar-refractivity contribution < 1.29 is 4.74 Å². The monoisotopic (exact) mass is 375 g/mol. The molecular formula is C19H12Cl3NO. The number of ether oxygens (including phenoxy) is 1. The fourth-order valence-electron chi connectivity index (χ4n) is 3.67. The van der Waals surface area contributed by atoms with Gasteiger partial charge in [0, 0.05) is 21.0 Å². The fourth-order valence-corrected chi connectivity index (χ4v) is 4.40. The standard InChI is InChI=1S/C19H12Cl3NO/c20-10-2-4-12-9(5-10)1-3-13-17(16-8-24-16)14-6-11(21)7-15(22)19(14)23-18(12)13/h2,4-7,16H,1,3,8H2. The zero-order chi connectivity index (χ0) is 16.4. The molecule has 0 N–H and O–H groups in total. The van der Waals surface area contributed by atoms with Crippen LogP contribution < -0.4 is 0 Å². The second-order valence-electron chi connectivity index (χ2n) is 6.26. The average Bonchev–Trinajstić information content (AvgIpc) is 3.37. The maximum atomic E-state index is 6.45. The summed E-state index contributed by atoms with van der Waals surface area (Å²) in [5.74, 6) is 0. The molecule has 2 aromatic carbocycles. The minimum atomic E-state index is 0.118. The van der Waals surface area contributed by atoms with Crippen molar-refractivity contribution in [2.75, 3.05) is 6.61 Å². The summed E-state index contributed by atoms with van der Waals surface area (Å²) in [5.41, 5.74) is 6.59. The van der Waals surface area contributed by atoms with Crippen LogP contribution in [0.1, 0.15) is 22.8 Å². The van der Waals surface area contributed by atoms with Gasteiger partial charge in [-0.2, -0.15) is 0 Å². The lowest BCUT2D eigenvalue weighted by Gasteiger charge is -2.23. The van der Waals surface area contributed by atoms with E-state index in [4.69, 9.17) is 44.5 Å². The molecule has 0 radical (unpaired) electrons. The molecule has 1 fully saturated rings. The highest BCUT2D eigenvalue weighted by atomic mass is 35.5. The molecule has 0 spiro atoms. The van der Waals surface area contributed by atoms with Crippen molar-refractivity contribution >= 4 is 45.7 Å². The van der Waals surface area contributed by atoms with Crippen LogP contribution >= 0.6 is 34.8 Å². The normalized spacial score (nSPS) is 18.4. The number of hydrogen-bond donors (Lipinski definition) is 0. The summed E-state index contributed by atoms with van der Waals surface area (Å²) in [6, 6.07) is 9.69. The van der Waals surface area contributed by atoms with Crippen molar-refractivity contribution in [3.63, 3.8) is 0 Å². The SMILES string of the molecule is Clc1ccc2c(c1)CCc1c-2nc2c(Cl)cc(Cl)cc2c1C1CO1. The van der Waals surface area contributed by atoms with Crippen LogP contribution in [-0.2, 0) is 17.6 Å². The number of benzene rings is 2. The Hall–Kier alpha value is -1.32. The molecule has 2 heterocycles. The molecule has 1 aromatic heterocycles. The summed E-state index contributed by atoms with van der Waals surface area (Å²) in [6.45, 7) is 0.739. The Bertz CT molecular complexity index is 1010. The van der Waals surface area contributed by atoms with Gasteiger partial charge in [0.15, 0.2) is 0 Å². The summed E-state index contributed by atoms with van der Waals surface area (Å²) in [4.78, 5) is 4.91. The second kappa shape index (κ2) is 5.34. The lowest BCUT2D eigenvalue weighted by Crippen LogP contribution is -2.10. The van der Waals surface area contributed by atoms with E-state index < -0.39 is 0 Å². The van der Waals surface area contributed by atoms with Gasteiger partial charge in [0.2, 0.25) is 0 Å². The maximum absolute atomic E-state index is 6.45. The molecule has 2 nitrogen and oxygen atoms in total. The Morgan fingerprint density at radius 2 is 1.83 bits per heavy atom. The molecule has 1 aliphatic carbocycles. The van der Waals surface area contributed by atoms with Crippen molar-refractivity contribution in [1.82, 2.24) is 4.98 Å². The van der Waals surface area contributed by atoms with E-state index in [1.807, 2.05) is 18.2 Å². The maximum Gasteiger partial charge on any atom is 0.107 e. The van der Waals surface area contributed by atoms with E-state index >= 15 is 0 Å². The predicted octanol–water partition coefficient (Wildman–Crippen LogP) is 6.03. The van der Waals surface area contributed by atoms with Crippen LogP contribution in [0.4, 0.5) is 0 Å². The molecule has 1 aliphatic heterocycles. The minimum Gasteiger partial charge on any atom is -0.368 e. The molecular weight excluding hydrogens is 365 g/mol. The number of epoxide rings is 1. The van der Waals surface area contributed by atoms with Crippen molar-refractivity contribution in [2.24, 2.45) is 0 Å². The number of fused-ring (bicyclic) bond motifs is 4. The van der Waals surface area contributed by atoms with Crippen molar-refractivity contribution in [3.05, 3.63) is 62.1 Å². The van der Waals surface area contributed by atoms with Crippen LogP contribution in [-0.4, -0.2) is 11.6 Å². The molecule has 1 saturated heterocycles. The summed E-state index contributed by atoms with van der Waals surface area (Å²) >= 11 is 18.8. The fraction of sp³-hybridized carbons (Fsp3) is 0.211. The Kier molecular flexibility index (Phi) is 3.33. The summed E-state index contributed by atoms with van der Waals surface area (Å²) < 4.78 is 5.62. The number of rotatable bonds is 1. The lowest BCUT2D eigenvalue weighted by molar-refractivity contribution is 0.415. The molecule has 3 aromatic rings. The van der Waals surface area contributed by atoms with Gasteiger partial charge in [-0.25, -0.2) is 4.98 Å². The third-order valence-corrected chi connectivity index (χ3v) is 5.52. The zero-order valence-electron chi connectivity index (χ0n) is 12.6. The van der Waals surface area contributed by atoms with Gasteiger partial charge in [-0.15, -0.1) is 0 Å². The van der Waals surface area contributed by atoms with Gasteiger partial charge in [-0.3, -0.25) is 0 Å². The van der Waals surface area contributed by atoms with E-state index in [0.717, 1.165) is 46.6 Å². The van der Waals surface area contributed by atoms with Crippen LogP contribution in [0.15, 0.2) is 30.3 Å². The van der Waals surface area contributed by atoms with E-state index in [9.17, 15) is 0 Å². The van der Waals surface area contributed by atoms with Gasteiger partial charge in [0.25, 0.3) is 0 Å². The zero-order valence-corrected chi connectivity index (χ0v) is 14.8. The second-order valence-corrected chi connectivity index (χ2v) is 7.54. The Balaban J connectivity index is 1.89. The topological polar surface area (TPSA) is 25.4 Å². The molecule has 120 valence electrons. The number of halogens is 3. The predicted molar refractivity (Wildman–Crippen MR) is 98.3 cm³/mol. The highest BCUT2D eigenvalue weighted by Gasteiger charge is 2.33. The molecule has 2 aliphatic rings. The summed E-state index contributed by atoms with van der Waals surface area (Å²) in [5, 5.41) is 2.96. The van der Waals surface area contributed by atoms with E-state index in [1.54, 1.807) is 6.07 Å². The molecule has 5 heteroatoms. The van der Waals surface area contributed by atoms with Gasteiger partial charge < -0.3 is 4.74 Å². The van der Waals surface area contributed by atoms with Crippen LogP contribution in [0.5, 0.6) is 0 Å². The van der Waals surface area contributed by atoms with Gasteiger partial charge in [0.05, 0.1) is 22.8 Å². The summed E-state index contributed by atoms with van der Waals surface area (Å²) in [7, 11) is 0. The van der Waals surface area contributed by atoms with E-state index in [2.05, 4.69) is 6.07 Å². The Morgan fingerprint density at radius 1 is 1.00 bits per heavy atom. The number of aryl methyl sites for hydroxylation is 1. The lowest BCUT2D eigenvalue weighted by atomic mass is 9.84. The quantitative estimate of drug-likeness (QED) is 0.484. The van der Waals surface area contributed by atoms with Gasteiger partial charge in [-0.1, -0.05) is 40.9 Å².